The number of hydrogen-bond donors (Lipinski definition) is 1. The highest BCUT2D eigenvalue weighted by Crippen LogP contribution is 2.24. The number of carbonyl (C=O) groups is 2. The summed E-state index contributed by atoms with van der Waals surface area (Å²) in [5, 5.41) is 13.1. The summed E-state index contributed by atoms with van der Waals surface area (Å²) in [5.74, 6) is -1.20. The lowest BCUT2D eigenvalue weighted by molar-refractivity contribution is -0.380. The fourth-order valence-corrected chi connectivity index (χ4v) is 2.56. The molecule has 7 nitrogen and oxygen atoms in total. The van der Waals surface area contributed by atoms with Gasteiger partial charge in [0.15, 0.2) is 6.61 Å². The molecule has 23 heavy (non-hydrogen) atoms. The molecule has 1 aromatic heterocycles. The molecule has 0 aliphatic carbocycles. The molecule has 0 aliphatic heterocycles. The molecular formula is C15H14N2O5S. The number of amides is 1. The van der Waals surface area contributed by atoms with Gasteiger partial charge in [0.05, 0.1) is 11.0 Å². The highest BCUT2D eigenvalue weighted by Gasteiger charge is 2.18. The van der Waals surface area contributed by atoms with Crippen LogP contribution in [0.25, 0.3) is 0 Å². The van der Waals surface area contributed by atoms with E-state index in [4.69, 9.17) is 4.74 Å². The number of thiophene rings is 1. The highest BCUT2D eigenvalue weighted by atomic mass is 32.1. The van der Waals surface area contributed by atoms with E-state index in [1.165, 1.54) is 12.1 Å². The molecule has 0 bridgehead atoms. The van der Waals surface area contributed by atoms with Crippen molar-refractivity contribution in [3.8, 4) is 0 Å². The maximum Gasteiger partial charge on any atom is 0.349 e. The molecule has 1 heterocycles. The summed E-state index contributed by atoms with van der Waals surface area (Å²) < 4.78 is 4.86. The number of nitro groups is 1. The van der Waals surface area contributed by atoms with Crippen molar-refractivity contribution in [1.82, 2.24) is 5.32 Å². The van der Waals surface area contributed by atoms with Gasteiger partial charge in [-0.2, -0.15) is 0 Å². The predicted octanol–water partition coefficient (Wildman–Crippen LogP) is 2.69. The van der Waals surface area contributed by atoms with Crippen LogP contribution in [0.4, 0.5) is 5.00 Å². The Kier molecular flexibility index (Phi) is 5.42. The molecule has 0 spiro atoms. The maximum atomic E-state index is 11.8. The normalized spacial score (nSPS) is 11.5. The third kappa shape index (κ3) is 4.62. The van der Waals surface area contributed by atoms with Crippen LogP contribution in [0.5, 0.6) is 0 Å². The SMILES string of the molecule is C[C@H](NC(=O)COC(=O)c1ccc([N+](=O)[O-])s1)c1ccccc1. The fourth-order valence-electron chi connectivity index (χ4n) is 1.85. The first-order valence-electron chi connectivity index (χ1n) is 6.73. The Morgan fingerprint density at radius 3 is 2.57 bits per heavy atom. The molecule has 1 amide bonds. The number of benzene rings is 1. The molecule has 2 rings (SSSR count). The summed E-state index contributed by atoms with van der Waals surface area (Å²) in [5.41, 5.74) is 0.932. The van der Waals surface area contributed by atoms with Gasteiger partial charge in [-0.25, -0.2) is 4.79 Å². The number of rotatable bonds is 6. The number of esters is 1. The zero-order chi connectivity index (χ0) is 16.8. The Labute approximate surface area is 136 Å². The average Bonchev–Trinajstić information content (AvgIpc) is 3.03. The second-order valence-electron chi connectivity index (χ2n) is 4.67. The van der Waals surface area contributed by atoms with Crippen LogP contribution in [-0.4, -0.2) is 23.4 Å². The van der Waals surface area contributed by atoms with E-state index in [1.807, 2.05) is 37.3 Å². The largest absolute Gasteiger partial charge is 0.451 e. The number of ether oxygens (including phenoxy) is 1. The van der Waals surface area contributed by atoms with Crippen LogP contribution < -0.4 is 5.32 Å². The molecule has 2 aromatic rings. The van der Waals surface area contributed by atoms with E-state index in [-0.39, 0.29) is 15.9 Å². The molecular weight excluding hydrogens is 320 g/mol. The van der Waals surface area contributed by atoms with Crippen LogP contribution in [0, 0.1) is 10.1 Å². The van der Waals surface area contributed by atoms with Crippen molar-refractivity contribution < 1.29 is 19.2 Å². The van der Waals surface area contributed by atoms with Gasteiger partial charge in [0.25, 0.3) is 5.91 Å². The van der Waals surface area contributed by atoms with Gasteiger partial charge in [-0.15, -0.1) is 0 Å². The van der Waals surface area contributed by atoms with Crippen LogP contribution in [0.2, 0.25) is 0 Å². The third-order valence-corrected chi connectivity index (χ3v) is 4.00. The minimum atomic E-state index is -0.759. The topological polar surface area (TPSA) is 98.5 Å². The molecule has 1 aromatic carbocycles. The van der Waals surface area contributed by atoms with E-state index in [0.717, 1.165) is 5.56 Å². The monoisotopic (exact) mass is 334 g/mol. The van der Waals surface area contributed by atoms with Crippen molar-refractivity contribution in [3.05, 3.63) is 63.0 Å². The molecule has 0 fully saturated rings. The summed E-state index contributed by atoms with van der Waals surface area (Å²) in [6.07, 6.45) is 0. The van der Waals surface area contributed by atoms with E-state index in [2.05, 4.69) is 5.32 Å². The van der Waals surface area contributed by atoms with Crippen LogP contribution in [-0.2, 0) is 9.53 Å². The zero-order valence-electron chi connectivity index (χ0n) is 12.2. The van der Waals surface area contributed by atoms with E-state index < -0.39 is 23.4 Å². The number of carbonyl (C=O) groups excluding carboxylic acids is 2. The standard InChI is InChI=1S/C15H14N2O5S/c1-10(11-5-3-2-4-6-11)16-13(18)9-22-15(19)12-7-8-14(23-12)17(20)21/h2-8,10H,9H2,1H3,(H,16,18)/t10-/m0/s1. The quantitative estimate of drug-likeness (QED) is 0.497. The van der Waals surface area contributed by atoms with Crippen LogP contribution >= 0.6 is 11.3 Å². The summed E-state index contributed by atoms with van der Waals surface area (Å²) in [6.45, 7) is 1.37. The van der Waals surface area contributed by atoms with Crippen molar-refractivity contribution in [3.63, 3.8) is 0 Å². The van der Waals surface area contributed by atoms with Gasteiger partial charge in [0.1, 0.15) is 4.88 Å². The Balaban J connectivity index is 1.84. The first-order valence-corrected chi connectivity index (χ1v) is 7.54. The van der Waals surface area contributed by atoms with Crippen molar-refractivity contribution >= 4 is 28.2 Å². The molecule has 0 aliphatic rings. The van der Waals surface area contributed by atoms with Crippen molar-refractivity contribution in [2.24, 2.45) is 0 Å². The molecule has 1 N–H and O–H groups in total. The van der Waals surface area contributed by atoms with Gasteiger partial charge in [-0.05, 0) is 18.6 Å². The maximum absolute atomic E-state index is 11.8. The molecule has 0 radical (unpaired) electrons. The van der Waals surface area contributed by atoms with Gasteiger partial charge < -0.3 is 10.1 Å². The molecule has 0 saturated heterocycles. The Bertz CT molecular complexity index is 714. The molecule has 0 unspecified atom stereocenters. The zero-order valence-corrected chi connectivity index (χ0v) is 13.0. The number of hydrogen-bond acceptors (Lipinski definition) is 6. The third-order valence-electron chi connectivity index (χ3n) is 2.98. The second-order valence-corrected chi connectivity index (χ2v) is 5.73. The minimum absolute atomic E-state index is 0.0839. The second kappa shape index (κ2) is 7.50. The number of nitrogens with one attached hydrogen (secondary N) is 1. The Hall–Kier alpha value is -2.74. The summed E-state index contributed by atoms with van der Waals surface area (Å²) in [4.78, 5) is 33.6. The first kappa shape index (κ1) is 16.6. The lowest BCUT2D eigenvalue weighted by Crippen LogP contribution is -2.31. The van der Waals surface area contributed by atoms with Crippen molar-refractivity contribution in [1.29, 1.82) is 0 Å². The van der Waals surface area contributed by atoms with Gasteiger partial charge >= 0.3 is 11.0 Å². The van der Waals surface area contributed by atoms with Crippen molar-refractivity contribution in [2.45, 2.75) is 13.0 Å². The predicted molar refractivity (Wildman–Crippen MR) is 84.3 cm³/mol. The summed E-state index contributed by atoms with van der Waals surface area (Å²) in [6, 6.07) is 11.7. The van der Waals surface area contributed by atoms with Crippen LogP contribution in [0.15, 0.2) is 42.5 Å². The van der Waals surface area contributed by atoms with Crippen LogP contribution in [0.1, 0.15) is 28.2 Å². The van der Waals surface area contributed by atoms with Gasteiger partial charge in [0, 0.05) is 6.07 Å². The Morgan fingerprint density at radius 2 is 1.96 bits per heavy atom. The average molecular weight is 334 g/mol. The van der Waals surface area contributed by atoms with Crippen LogP contribution in [0.3, 0.4) is 0 Å². The lowest BCUT2D eigenvalue weighted by Gasteiger charge is -2.14. The van der Waals surface area contributed by atoms with E-state index in [9.17, 15) is 19.7 Å². The van der Waals surface area contributed by atoms with E-state index in [1.54, 1.807) is 0 Å². The van der Waals surface area contributed by atoms with E-state index >= 15 is 0 Å². The summed E-state index contributed by atoms with van der Waals surface area (Å²) in [7, 11) is 0. The highest BCUT2D eigenvalue weighted by molar-refractivity contribution is 7.17. The van der Waals surface area contributed by atoms with E-state index in [0.29, 0.717) is 11.3 Å². The number of nitrogens with zero attached hydrogens (tertiary/aromatic N) is 1. The smallest absolute Gasteiger partial charge is 0.349 e. The Morgan fingerprint density at radius 1 is 1.26 bits per heavy atom. The van der Waals surface area contributed by atoms with Gasteiger partial charge in [0.2, 0.25) is 0 Å². The molecule has 8 heteroatoms. The molecule has 1 atom stereocenters. The minimum Gasteiger partial charge on any atom is -0.451 e. The first-order chi connectivity index (χ1) is 11.0. The fraction of sp³-hybridized carbons (Fsp3) is 0.200. The lowest BCUT2D eigenvalue weighted by atomic mass is 10.1. The van der Waals surface area contributed by atoms with Gasteiger partial charge in [-0.3, -0.25) is 14.9 Å². The van der Waals surface area contributed by atoms with Crippen molar-refractivity contribution in [2.75, 3.05) is 6.61 Å². The molecule has 0 saturated carbocycles. The molecule has 120 valence electrons. The summed E-state index contributed by atoms with van der Waals surface area (Å²) >= 11 is 0.706. The van der Waals surface area contributed by atoms with Gasteiger partial charge in [-0.1, -0.05) is 41.7 Å².